The van der Waals surface area contributed by atoms with Crippen LogP contribution >= 0.6 is 0 Å². The number of piperidine rings is 1. The molecule has 2 aliphatic rings. The van der Waals surface area contributed by atoms with Gasteiger partial charge < -0.3 is 24.7 Å². The first-order valence-electron chi connectivity index (χ1n) is 8.68. The van der Waals surface area contributed by atoms with E-state index in [0.29, 0.717) is 12.8 Å². The van der Waals surface area contributed by atoms with E-state index in [1.165, 1.54) is 15.9 Å². The van der Waals surface area contributed by atoms with E-state index in [1.54, 1.807) is 13.8 Å². The summed E-state index contributed by atoms with van der Waals surface area (Å²) in [7, 11) is 0. The lowest BCUT2D eigenvalue weighted by molar-refractivity contribution is -0.386. The molecule has 10 heteroatoms. The van der Waals surface area contributed by atoms with Crippen LogP contribution in [-0.4, -0.2) is 62.2 Å². The first-order valence-corrected chi connectivity index (χ1v) is 8.68. The van der Waals surface area contributed by atoms with Gasteiger partial charge in [-0.15, -0.1) is 0 Å². The Hall–Kier alpha value is -2.88. The predicted molar refractivity (Wildman–Crippen MR) is 92.6 cm³/mol. The van der Waals surface area contributed by atoms with Crippen molar-refractivity contribution in [2.75, 3.05) is 13.1 Å². The van der Waals surface area contributed by atoms with Gasteiger partial charge in [0.2, 0.25) is 0 Å². The molecule has 0 spiro atoms. The summed E-state index contributed by atoms with van der Waals surface area (Å²) in [4.78, 5) is 37.1. The summed E-state index contributed by atoms with van der Waals surface area (Å²) in [6.07, 6.45) is -1.80. The van der Waals surface area contributed by atoms with E-state index in [1.807, 2.05) is 0 Å². The molecule has 2 aliphatic heterocycles. The second-order valence-corrected chi connectivity index (χ2v) is 6.92. The Morgan fingerprint density at radius 2 is 1.96 bits per heavy atom. The number of ether oxygens (including phenoxy) is 1. The number of hydrogen-bond acceptors (Lipinski definition) is 6. The summed E-state index contributed by atoms with van der Waals surface area (Å²) in [5, 5.41) is 31.1. The van der Waals surface area contributed by atoms with Crippen molar-refractivity contribution in [2.24, 2.45) is 0 Å². The molecule has 1 unspecified atom stereocenters. The van der Waals surface area contributed by atoms with Crippen LogP contribution in [0.3, 0.4) is 0 Å². The number of amides is 2. The molecule has 0 aliphatic carbocycles. The highest BCUT2D eigenvalue weighted by Gasteiger charge is 2.43. The Kier molecular flexibility index (Phi) is 4.92. The largest absolute Gasteiger partial charge is 0.484 e. The summed E-state index contributed by atoms with van der Waals surface area (Å²) < 4.78 is 5.48. The van der Waals surface area contributed by atoms with Crippen molar-refractivity contribution in [2.45, 2.75) is 45.1 Å². The molecule has 10 nitrogen and oxygen atoms in total. The van der Waals surface area contributed by atoms with Gasteiger partial charge in [-0.25, -0.2) is 4.79 Å². The van der Waals surface area contributed by atoms with E-state index < -0.39 is 23.2 Å². The molecular formula is C17H21N3O7. The zero-order valence-corrected chi connectivity index (χ0v) is 15.0. The Morgan fingerprint density at radius 3 is 2.48 bits per heavy atom. The van der Waals surface area contributed by atoms with Gasteiger partial charge in [0.1, 0.15) is 0 Å². The van der Waals surface area contributed by atoms with Gasteiger partial charge in [-0.05, 0) is 32.8 Å². The highest BCUT2D eigenvalue weighted by molar-refractivity contribution is 6.00. The fourth-order valence-corrected chi connectivity index (χ4v) is 3.57. The quantitative estimate of drug-likeness (QED) is 0.603. The monoisotopic (exact) mass is 379 g/mol. The molecule has 0 saturated carbocycles. The summed E-state index contributed by atoms with van der Waals surface area (Å²) >= 11 is 0. The number of fused-ring (bicyclic) bond motifs is 1. The maximum atomic E-state index is 12.8. The Bertz CT molecular complexity index is 787. The molecule has 1 aromatic rings. The van der Waals surface area contributed by atoms with Crippen molar-refractivity contribution < 1.29 is 29.5 Å². The van der Waals surface area contributed by atoms with Crippen LogP contribution in [0, 0.1) is 10.1 Å². The van der Waals surface area contributed by atoms with E-state index in [4.69, 9.17) is 9.84 Å². The van der Waals surface area contributed by atoms with Gasteiger partial charge in [-0.1, -0.05) is 0 Å². The minimum atomic E-state index is -1.25. The predicted octanol–water partition coefficient (Wildman–Crippen LogP) is 1.97. The highest BCUT2D eigenvalue weighted by atomic mass is 16.6. The molecule has 3 rings (SSSR count). The highest BCUT2D eigenvalue weighted by Crippen LogP contribution is 2.41. The fraction of sp³-hybridized carbons (Fsp3) is 0.529. The molecule has 146 valence electrons. The third-order valence-electron chi connectivity index (χ3n) is 4.83. The Balaban J connectivity index is 1.90. The van der Waals surface area contributed by atoms with E-state index in [-0.39, 0.29) is 47.8 Å². The van der Waals surface area contributed by atoms with Gasteiger partial charge >= 0.3 is 11.8 Å². The van der Waals surface area contributed by atoms with Crippen molar-refractivity contribution in [3.8, 4) is 5.75 Å². The second-order valence-electron chi connectivity index (χ2n) is 6.92. The fourth-order valence-electron chi connectivity index (χ4n) is 3.57. The molecule has 1 aromatic carbocycles. The Morgan fingerprint density at radius 1 is 1.33 bits per heavy atom. The maximum absolute atomic E-state index is 12.8. The molecule has 27 heavy (non-hydrogen) atoms. The lowest BCUT2D eigenvalue weighted by Crippen LogP contribution is -2.47. The number of nitro groups is 1. The number of nitro benzene ring substituents is 1. The number of benzene rings is 1. The molecule has 2 heterocycles. The van der Waals surface area contributed by atoms with Gasteiger partial charge in [0.25, 0.3) is 5.91 Å². The third kappa shape index (κ3) is 3.39. The summed E-state index contributed by atoms with van der Waals surface area (Å²) in [6, 6.07) is 2.15. The molecule has 0 bridgehead atoms. The summed E-state index contributed by atoms with van der Waals surface area (Å²) in [5.74, 6) is -0.492. The number of carboxylic acid groups (broad SMARTS) is 1. The molecule has 0 aromatic heterocycles. The van der Waals surface area contributed by atoms with Crippen molar-refractivity contribution >= 4 is 17.7 Å². The number of aliphatic hydroxyl groups excluding tert-OH is 1. The van der Waals surface area contributed by atoms with Crippen molar-refractivity contribution in [1.29, 1.82) is 0 Å². The molecule has 0 radical (unpaired) electrons. The number of carbonyl (C=O) groups excluding carboxylic acids is 1. The third-order valence-corrected chi connectivity index (χ3v) is 4.83. The number of rotatable bonds is 4. The normalized spacial score (nSPS) is 20.1. The van der Waals surface area contributed by atoms with Crippen molar-refractivity contribution in [3.05, 3.63) is 33.4 Å². The summed E-state index contributed by atoms with van der Waals surface area (Å²) in [6.45, 7) is 3.96. The molecular weight excluding hydrogens is 358 g/mol. The van der Waals surface area contributed by atoms with Crippen LogP contribution in [0.2, 0.25) is 0 Å². The van der Waals surface area contributed by atoms with Crippen LogP contribution in [-0.2, 0) is 0 Å². The zero-order chi connectivity index (χ0) is 19.9. The SMILES string of the molecule is CC(C)Oc1cc2c(cc1[N+](=O)[O-])C(=O)N(C1CCN(C(=O)O)CC1)C2O. The average molecular weight is 379 g/mol. The van der Waals surface area contributed by atoms with Gasteiger partial charge in [-0.2, -0.15) is 0 Å². The molecule has 2 N–H and O–H groups in total. The lowest BCUT2D eigenvalue weighted by atomic mass is 10.0. The van der Waals surface area contributed by atoms with Gasteiger partial charge in [0, 0.05) is 30.8 Å². The topological polar surface area (TPSA) is 133 Å². The number of hydrogen-bond donors (Lipinski definition) is 2. The van der Waals surface area contributed by atoms with Crippen molar-refractivity contribution in [1.82, 2.24) is 9.80 Å². The maximum Gasteiger partial charge on any atom is 0.407 e. The average Bonchev–Trinajstić information content (AvgIpc) is 2.84. The Labute approximate surface area is 155 Å². The van der Waals surface area contributed by atoms with Crippen LogP contribution in [0.25, 0.3) is 0 Å². The minimum Gasteiger partial charge on any atom is -0.484 e. The number of nitrogens with zero attached hydrogens (tertiary/aromatic N) is 3. The molecule has 2 amide bonds. The molecule has 1 fully saturated rings. The standard InChI is InChI=1S/C17H21N3O7/c1-9(2)27-14-8-12-11(7-13(14)20(25)26)15(21)19(16(12)22)10-3-5-18(6-4-10)17(23)24/h7-10,16,22H,3-6H2,1-2H3,(H,23,24). The lowest BCUT2D eigenvalue weighted by Gasteiger charge is -2.37. The van der Waals surface area contributed by atoms with E-state index in [2.05, 4.69) is 0 Å². The van der Waals surface area contributed by atoms with Gasteiger partial charge in [0.05, 0.1) is 16.6 Å². The van der Waals surface area contributed by atoms with Crippen LogP contribution in [0.5, 0.6) is 5.75 Å². The van der Waals surface area contributed by atoms with Gasteiger partial charge in [0.15, 0.2) is 12.0 Å². The number of likely N-dealkylation sites (tertiary alicyclic amines) is 1. The second kappa shape index (κ2) is 7.03. The van der Waals surface area contributed by atoms with Crippen LogP contribution in [0.15, 0.2) is 12.1 Å². The van der Waals surface area contributed by atoms with Crippen LogP contribution in [0.4, 0.5) is 10.5 Å². The van der Waals surface area contributed by atoms with E-state index in [9.17, 15) is 24.8 Å². The van der Waals surface area contributed by atoms with E-state index >= 15 is 0 Å². The van der Waals surface area contributed by atoms with Crippen LogP contribution < -0.4 is 4.74 Å². The minimum absolute atomic E-state index is 0.00291. The number of aliphatic hydroxyl groups is 1. The first-order chi connectivity index (χ1) is 12.7. The smallest absolute Gasteiger partial charge is 0.407 e. The summed E-state index contributed by atoms with van der Waals surface area (Å²) in [5.41, 5.74) is 0.0124. The molecule has 1 atom stereocenters. The van der Waals surface area contributed by atoms with Gasteiger partial charge in [-0.3, -0.25) is 14.9 Å². The first kappa shape index (κ1) is 18.9. The van der Waals surface area contributed by atoms with Crippen molar-refractivity contribution in [3.63, 3.8) is 0 Å². The zero-order valence-electron chi connectivity index (χ0n) is 15.0. The molecule has 1 saturated heterocycles. The van der Waals surface area contributed by atoms with Crippen LogP contribution in [0.1, 0.15) is 48.8 Å². The van der Waals surface area contributed by atoms with E-state index in [0.717, 1.165) is 6.07 Å². The number of carbonyl (C=O) groups is 2.